The average molecular weight is 347 g/mol. The molecule has 10 heteroatoms. The van der Waals surface area contributed by atoms with Crippen molar-refractivity contribution in [1.82, 2.24) is 5.32 Å². The van der Waals surface area contributed by atoms with Gasteiger partial charge in [-0.2, -0.15) is 0 Å². The number of benzene rings is 1. The van der Waals surface area contributed by atoms with Crippen LogP contribution in [0.2, 0.25) is 0 Å². The molecule has 0 aliphatic carbocycles. The number of carboxylic acid groups (broad SMARTS) is 1. The van der Waals surface area contributed by atoms with Crippen LogP contribution in [0.3, 0.4) is 0 Å². The third kappa shape index (κ3) is 10.0. The summed E-state index contributed by atoms with van der Waals surface area (Å²) in [5.41, 5.74) is 10.9. The first-order chi connectivity index (χ1) is 10.8. The molecule has 1 aromatic carbocycles. The summed E-state index contributed by atoms with van der Waals surface area (Å²) in [5.74, 6) is -0.646. The van der Waals surface area contributed by atoms with Gasteiger partial charge >= 0.3 is 12.0 Å². The molecule has 0 saturated heterocycles. The van der Waals surface area contributed by atoms with Gasteiger partial charge in [0.15, 0.2) is 0 Å². The molecular weight excluding hydrogens is 328 g/mol. The number of carbonyl (C=O) groups is 2. The zero-order chi connectivity index (χ0) is 17.8. The first-order valence-corrected chi connectivity index (χ1v) is 7.12. The van der Waals surface area contributed by atoms with Crippen LogP contribution in [0.15, 0.2) is 24.3 Å². The van der Waals surface area contributed by atoms with E-state index in [-0.39, 0.29) is 5.69 Å². The highest BCUT2D eigenvalue weighted by atomic mass is 35.5. The molecule has 2 amide bonds. The van der Waals surface area contributed by atoms with E-state index in [0.717, 1.165) is 5.56 Å². The number of halogens is 1. The van der Waals surface area contributed by atoms with E-state index in [1.165, 1.54) is 12.1 Å². The summed E-state index contributed by atoms with van der Waals surface area (Å²) < 4.78 is 0. The number of carbonyl (C=O) groups excluding carboxylic acids is 1. The Labute approximate surface area is 137 Å². The van der Waals surface area contributed by atoms with Crippen LogP contribution in [-0.2, 0) is 10.7 Å². The second-order valence-electron chi connectivity index (χ2n) is 4.44. The third-order valence-electron chi connectivity index (χ3n) is 2.61. The largest absolute Gasteiger partial charge is 0.480 e. The first-order valence-electron chi connectivity index (χ1n) is 6.59. The lowest BCUT2D eigenvalue weighted by molar-refractivity contribution is -0.384. The Morgan fingerprint density at radius 2 is 1.91 bits per heavy atom. The summed E-state index contributed by atoms with van der Waals surface area (Å²) in [6.45, 7) is 0.357. The number of nitrogens with zero attached hydrogens (tertiary/aromatic N) is 1. The minimum absolute atomic E-state index is 0.0962. The first kappa shape index (κ1) is 20.6. The van der Waals surface area contributed by atoms with Gasteiger partial charge in [-0.25, -0.2) is 4.79 Å². The average Bonchev–Trinajstić information content (AvgIpc) is 2.51. The molecule has 0 aliphatic heterocycles. The molecule has 0 unspecified atom stereocenters. The molecule has 0 bridgehead atoms. The number of non-ortho nitro benzene ring substituents is 1. The molecule has 128 valence electrons. The summed E-state index contributed by atoms with van der Waals surface area (Å²) in [5, 5.41) is 20.9. The molecule has 0 fully saturated rings. The highest BCUT2D eigenvalue weighted by Gasteiger charge is 2.09. The van der Waals surface area contributed by atoms with Gasteiger partial charge in [-0.1, -0.05) is 12.1 Å². The van der Waals surface area contributed by atoms with E-state index in [1.54, 1.807) is 12.1 Å². The van der Waals surface area contributed by atoms with Gasteiger partial charge in [0, 0.05) is 24.6 Å². The second kappa shape index (κ2) is 11.2. The SMILES string of the molecule is NC(=O)NCCC[C@H](N)C(=O)O.O=[N+]([O-])c1ccc(CCl)cc1. The number of nitro benzene ring substituents is 1. The quantitative estimate of drug-likeness (QED) is 0.251. The number of aliphatic carboxylic acids is 1. The molecule has 0 aromatic heterocycles. The van der Waals surface area contributed by atoms with Crippen LogP contribution in [0.1, 0.15) is 18.4 Å². The zero-order valence-corrected chi connectivity index (χ0v) is 13.0. The lowest BCUT2D eigenvalue weighted by atomic mass is 10.2. The molecule has 1 atom stereocenters. The molecule has 0 heterocycles. The highest BCUT2D eigenvalue weighted by molar-refractivity contribution is 6.17. The number of nitrogens with one attached hydrogen (secondary N) is 1. The summed E-state index contributed by atoms with van der Waals surface area (Å²) >= 11 is 5.49. The van der Waals surface area contributed by atoms with E-state index in [2.05, 4.69) is 5.32 Å². The van der Waals surface area contributed by atoms with Crippen molar-refractivity contribution < 1.29 is 19.6 Å². The number of primary amides is 1. The van der Waals surface area contributed by atoms with Crippen molar-refractivity contribution in [2.45, 2.75) is 24.8 Å². The summed E-state index contributed by atoms with van der Waals surface area (Å²) in [7, 11) is 0. The molecule has 0 saturated carbocycles. The highest BCUT2D eigenvalue weighted by Crippen LogP contribution is 2.12. The summed E-state index contributed by atoms with van der Waals surface area (Å²) in [6.07, 6.45) is 0.839. The van der Waals surface area contributed by atoms with E-state index in [4.69, 9.17) is 28.2 Å². The number of hydrogen-bond donors (Lipinski definition) is 4. The maximum atomic E-state index is 10.2. The Hall–Kier alpha value is -2.39. The normalized spacial score (nSPS) is 10.9. The lowest BCUT2D eigenvalue weighted by Gasteiger charge is -2.05. The Balaban J connectivity index is 0.000000422. The predicted molar refractivity (Wildman–Crippen MR) is 85.1 cm³/mol. The lowest BCUT2D eigenvalue weighted by Crippen LogP contribution is -2.33. The molecule has 23 heavy (non-hydrogen) atoms. The van der Waals surface area contributed by atoms with E-state index in [9.17, 15) is 19.7 Å². The third-order valence-corrected chi connectivity index (χ3v) is 2.92. The Morgan fingerprint density at radius 1 is 1.35 bits per heavy atom. The van der Waals surface area contributed by atoms with Crippen LogP contribution in [0.4, 0.5) is 10.5 Å². The topological polar surface area (TPSA) is 162 Å². The van der Waals surface area contributed by atoms with Gasteiger partial charge in [-0.05, 0) is 18.4 Å². The van der Waals surface area contributed by atoms with Gasteiger partial charge in [-0.15, -0.1) is 11.6 Å². The van der Waals surface area contributed by atoms with Crippen LogP contribution in [0.5, 0.6) is 0 Å². The van der Waals surface area contributed by atoms with Crippen molar-refractivity contribution in [3.8, 4) is 0 Å². The van der Waals surface area contributed by atoms with Crippen molar-refractivity contribution in [3.05, 3.63) is 39.9 Å². The number of amides is 2. The monoisotopic (exact) mass is 346 g/mol. The number of carboxylic acids is 1. The van der Waals surface area contributed by atoms with E-state index in [0.29, 0.717) is 25.3 Å². The molecule has 9 nitrogen and oxygen atoms in total. The Bertz CT molecular complexity index is 524. The fraction of sp³-hybridized carbons (Fsp3) is 0.385. The van der Waals surface area contributed by atoms with Crippen LogP contribution in [-0.4, -0.2) is 34.6 Å². The molecule has 0 radical (unpaired) electrons. The van der Waals surface area contributed by atoms with Gasteiger partial charge < -0.3 is 21.9 Å². The van der Waals surface area contributed by atoms with Gasteiger partial charge in [-0.3, -0.25) is 14.9 Å². The molecule has 0 spiro atoms. The molecule has 0 aliphatic rings. The van der Waals surface area contributed by atoms with Crippen LogP contribution < -0.4 is 16.8 Å². The minimum Gasteiger partial charge on any atom is -0.480 e. The van der Waals surface area contributed by atoms with Gasteiger partial charge in [0.25, 0.3) is 5.69 Å². The number of rotatable bonds is 7. The molecule has 6 N–H and O–H groups in total. The maximum absolute atomic E-state index is 10.2. The molecule has 1 rings (SSSR count). The number of urea groups is 1. The van der Waals surface area contributed by atoms with E-state index in [1.807, 2.05) is 0 Å². The van der Waals surface area contributed by atoms with Gasteiger partial charge in [0.2, 0.25) is 0 Å². The number of alkyl halides is 1. The van der Waals surface area contributed by atoms with Crippen molar-refractivity contribution in [3.63, 3.8) is 0 Å². The fourth-order valence-electron chi connectivity index (χ4n) is 1.36. The van der Waals surface area contributed by atoms with E-state index >= 15 is 0 Å². The van der Waals surface area contributed by atoms with Crippen molar-refractivity contribution >= 4 is 29.3 Å². The molecule has 1 aromatic rings. The van der Waals surface area contributed by atoms with Gasteiger partial charge in [0.1, 0.15) is 6.04 Å². The Morgan fingerprint density at radius 3 is 2.30 bits per heavy atom. The predicted octanol–water partition coefficient (Wildman–Crippen LogP) is 1.18. The van der Waals surface area contributed by atoms with Crippen LogP contribution in [0, 0.1) is 10.1 Å². The standard InChI is InChI=1S/C7H6ClNO2.C6H13N3O3/c8-5-6-1-3-7(4-2-6)9(10)11;7-4(5(10)11)2-1-3-9-6(8)12/h1-4H,5H2;4H,1-3,7H2,(H,10,11)(H3,8,9,12)/t;4-/m.0/s1. The summed E-state index contributed by atoms with van der Waals surface area (Å²) in [4.78, 5) is 30.1. The molecular formula is C13H19ClN4O5. The number of hydrogen-bond acceptors (Lipinski definition) is 5. The Kier molecular flexibility index (Phi) is 10.0. The van der Waals surface area contributed by atoms with Crippen LogP contribution in [0.25, 0.3) is 0 Å². The van der Waals surface area contributed by atoms with Crippen molar-refractivity contribution in [2.24, 2.45) is 11.5 Å². The maximum Gasteiger partial charge on any atom is 0.320 e. The van der Waals surface area contributed by atoms with E-state index < -0.39 is 23.0 Å². The smallest absolute Gasteiger partial charge is 0.320 e. The second-order valence-corrected chi connectivity index (χ2v) is 4.70. The fourth-order valence-corrected chi connectivity index (χ4v) is 1.54. The van der Waals surface area contributed by atoms with Crippen molar-refractivity contribution in [1.29, 1.82) is 0 Å². The summed E-state index contributed by atoms with van der Waals surface area (Å²) in [6, 6.07) is 4.70. The minimum atomic E-state index is -1.03. The zero-order valence-electron chi connectivity index (χ0n) is 12.3. The van der Waals surface area contributed by atoms with Gasteiger partial charge in [0.05, 0.1) is 4.92 Å². The van der Waals surface area contributed by atoms with Crippen LogP contribution >= 0.6 is 11.6 Å². The number of nitro groups is 1. The van der Waals surface area contributed by atoms with Crippen molar-refractivity contribution in [2.75, 3.05) is 6.54 Å². The number of nitrogens with two attached hydrogens (primary N) is 2.